The van der Waals surface area contributed by atoms with Crippen LogP contribution in [-0.2, 0) is 4.79 Å². The number of nitrogens with one attached hydrogen (secondary N) is 1. The third-order valence-corrected chi connectivity index (χ3v) is 2.15. The smallest absolute Gasteiger partial charge is 0.308 e. The van der Waals surface area contributed by atoms with Crippen molar-refractivity contribution >= 4 is 11.9 Å². The first-order chi connectivity index (χ1) is 7.52. The summed E-state index contributed by atoms with van der Waals surface area (Å²) in [5, 5.41) is 11.2. The van der Waals surface area contributed by atoms with Gasteiger partial charge in [-0.2, -0.15) is 0 Å². The summed E-state index contributed by atoms with van der Waals surface area (Å²) < 4.78 is 0. The normalized spacial score (nSPS) is 11.9. The van der Waals surface area contributed by atoms with Crippen LogP contribution in [0.4, 0.5) is 0 Å². The SMILES string of the molecule is Cc1ncncc1C(=O)NCC(C)C(=O)O. The molecule has 1 aromatic heterocycles. The molecule has 1 amide bonds. The van der Waals surface area contributed by atoms with Gasteiger partial charge in [0.25, 0.3) is 5.91 Å². The Bertz CT molecular complexity index is 406. The fourth-order valence-corrected chi connectivity index (χ4v) is 1.04. The van der Waals surface area contributed by atoms with Crippen LogP contribution in [0.3, 0.4) is 0 Å². The van der Waals surface area contributed by atoms with Gasteiger partial charge in [-0.15, -0.1) is 0 Å². The molecule has 6 heteroatoms. The third kappa shape index (κ3) is 3.01. The topological polar surface area (TPSA) is 92.2 Å². The minimum Gasteiger partial charge on any atom is -0.481 e. The van der Waals surface area contributed by atoms with Gasteiger partial charge in [-0.25, -0.2) is 9.97 Å². The van der Waals surface area contributed by atoms with Crippen molar-refractivity contribution in [2.45, 2.75) is 13.8 Å². The first-order valence-electron chi connectivity index (χ1n) is 4.80. The number of aliphatic carboxylic acids is 1. The summed E-state index contributed by atoms with van der Waals surface area (Å²) in [5.41, 5.74) is 0.926. The number of rotatable bonds is 4. The van der Waals surface area contributed by atoms with Crippen LogP contribution >= 0.6 is 0 Å². The lowest BCUT2D eigenvalue weighted by Gasteiger charge is -2.08. The van der Waals surface area contributed by atoms with Gasteiger partial charge in [0.15, 0.2) is 0 Å². The number of aryl methyl sites for hydroxylation is 1. The highest BCUT2D eigenvalue weighted by Gasteiger charge is 2.14. The predicted octanol–water partition coefficient (Wildman–Crippen LogP) is 0.236. The van der Waals surface area contributed by atoms with Gasteiger partial charge < -0.3 is 10.4 Å². The van der Waals surface area contributed by atoms with E-state index in [0.29, 0.717) is 11.3 Å². The maximum absolute atomic E-state index is 11.6. The molecule has 1 aromatic rings. The minimum absolute atomic E-state index is 0.0858. The van der Waals surface area contributed by atoms with E-state index in [-0.39, 0.29) is 12.5 Å². The van der Waals surface area contributed by atoms with Crippen LogP contribution in [0.5, 0.6) is 0 Å². The molecule has 2 N–H and O–H groups in total. The second-order valence-electron chi connectivity index (χ2n) is 3.47. The van der Waals surface area contributed by atoms with Crippen LogP contribution in [0.15, 0.2) is 12.5 Å². The fraction of sp³-hybridized carbons (Fsp3) is 0.400. The van der Waals surface area contributed by atoms with Gasteiger partial charge in [-0.1, -0.05) is 6.92 Å². The molecule has 0 aliphatic rings. The Labute approximate surface area is 92.7 Å². The molecule has 1 heterocycles. The van der Waals surface area contributed by atoms with Crippen LogP contribution in [0, 0.1) is 12.8 Å². The molecule has 0 aromatic carbocycles. The number of carbonyl (C=O) groups is 2. The Morgan fingerprint density at radius 3 is 2.81 bits per heavy atom. The molecule has 0 aliphatic carbocycles. The molecular weight excluding hydrogens is 210 g/mol. The summed E-state index contributed by atoms with van der Waals surface area (Å²) in [6.45, 7) is 3.30. The highest BCUT2D eigenvalue weighted by atomic mass is 16.4. The Balaban J connectivity index is 2.60. The first-order valence-corrected chi connectivity index (χ1v) is 4.80. The van der Waals surface area contributed by atoms with Crippen LogP contribution in [0.1, 0.15) is 23.0 Å². The molecule has 86 valence electrons. The Kier molecular flexibility index (Phi) is 3.93. The lowest BCUT2D eigenvalue weighted by molar-refractivity contribution is -0.140. The van der Waals surface area contributed by atoms with E-state index >= 15 is 0 Å². The average molecular weight is 223 g/mol. The Morgan fingerprint density at radius 2 is 2.25 bits per heavy atom. The lowest BCUT2D eigenvalue weighted by atomic mass is 10.1. The molecule has 0 radical (unpaired) electrons. The highest BCUT2D eigenvalue weighted by molar-refractivity contribution is 5.95. The molecule has 1 atom stereocenters. The highest BCUT2D eigenvalue weighted by Crippen LogP contribution is 2.01. The van der Waals surface area contributed by atoms with E-state index in [1.165, 1.54) is 19.4 Å². The molecule has 1 unspecified atom stereocenters. The number of hydrogen-bond acceptors (Lipinski definition) is 4. The zero-order chi connectivity index (χ0) is 12.1. The third-order valence-electron chi connectivity index (χ3n) is 2.15. The second kappa shape index (κ2) is 5.20. The molecule has 0 saturated heterocycles. The van der Waals surface area contributed by atoms with Gasteiger partial charge >= 0.3 is 5.97 Å². The molecule has 0 spiro atoms. The molecule has 0 bridgehead atoms. The zero-order valence-electron chi connectivity index (χ0n) is 9.10. The summed E-state index contributed by atoms with van der Waals surface area (Å²) in [7, 11) is 0. The van der Waals surface area contributed by atoms with Gasteiger partial charge in [0, 0.05) is 12.7 Å². The van der Waals surface area contributed by atoms with Crippen molar-refractivity contribution in [3.05, 3.63) is 23.8 Å². The van der Waals surface area contributed by atoms with Crippen molar-refractivity contribution in [3.8, 4) is 0 Å². The molecule has 1 rings (SSSR count). The maximum atomic E-state index is 11.6. The molecule has 16 heavy (non-hydrogen) atoms. The lowest BCUT2D eigenvalue weighted by Crippen LogP contribution is -2.32. The van der Waals surface area contributed by atoms with Crippen molar-refractivity contribution in [1.82, 2.24) is 15.3 Å². The largest absolute Gasteiger partial charge is 0.481 e. The second-order valence-corrected chi connectivity index (χ2v) is 3.47. The summed E-state index contributed by atoms with van der Waals surface area (Å²) in [6.07, 6.45) is 2.76. The van der Waals surface area contributed by atoms with Crippen molar-refractivity contribution in [2.24, 2.45) is 5.92 Å². The van der Waals surface area contributed by atoms with E-state index in [2.05, 4.69) is 15.3 Å². The number of aromatic nitrogens is 2. The minimum atomic E-state index is -0.943. The van der Waals surface area contributed by atoms with Crippen molar-refractivity contribution in [3.63, 3.8) is 0 Å². The maximum Gasteiger partial charge on any atom is 0.308 e. The van der Waals surface area contributed by atoms with E-state index in [1.54, 1.807) is 6.92 Å². The zero-order valence-corrected chi connectivity index (χ0v) is 9.10. The van der Waals surface area contributed by atoms with Crippen molar-refractivity contribution < 1.29 is 14.7 Å². The van der Waals surface area contributed by atoms with Gasteiger partial charge in [0.1, 0.15) is 6.33 Å². The van der Waals surface area contributed by atoms with Gasteiger partial charge in [-0.05, 0) is 6.92 Å². The average Bonchev–Trinajstić information content (AvgIpc) is 2.25. The number of amides is 1. The summed E-state index contributed by atoms with van der Waals surface area (Å²) >= 11 is 0. The number of nitrogens with zero attached hydrogens (tertiary/aromatic N) is 2. The molecular formula is C10H13N3O3. The molecule has 0 fully saturated rings. The van der Waals surface area contributed by atoms with Crippen LogP contribution in [0.25, 0.3) is 0 Å². The van der Waals surface area contributed by atoms with Gasteiger partial charge in [-0.3, -0.25) is 9.59 Å². The summed E-state index contributed by atoms with van der Waals surface area (Å²) in [6, 6.07) is 0. The first kappa shape index (κ1) is 12.1. The molecule has 0 saturated carbocycles. The number of carboxylic acids is 1. The molecule has 6 nitrogen and oxygen atoms in total. The number of carbonyl (C=O) groups excluding carboxylic acids is 1. The molecule has 0 aliphatic heterocycles. The predicted molar refractivity (Wildman–Crippen MR) is 55.9 cm³/mol. The summed E-state index contributed by atoms with van der Waals surface area (Å²) in [5.74, 6) is -1.92. The van der Waals surface area contributed by atoms with E-state index in [0.717, 1.165) is 0 Å². The Morgan fingerprint density at radius 1 is 1.56 bits per heavy atom. The Hall–Kier alpha value is -1.98. The monoisotopic (exact) mass is 223 g/mol. The van der Waals surface area contributed by atoms with Crippen LogP contribution < -0.4 is 5.32 Å². The van der Waals surface area contributed by atoms with Crippen LogP contribution in [-0.4, -0.2) is 33.5 Å². The van der Waals surface area contributed by atoms with Gasteiger partial charge in [0.2, 0.25) is 0 Å². The van der Waals surface area contributed by atoms with E-state index in [4.69, 9.17) is 5.11 Å². The summed E-state index contributed by atoms with van der Waals surface area (Å²) in [4.78, 5) is 29.8. The van der Waals surface area contributed by atoms with Crippen LogP contribution in [0.2, 0.25) is 0 Å². The fourth-order valence-electron chi connectivity index (χ4n) is 1.04. The van der Waals surface area contributed by atoms with Crippen molar-refractivity contribution in [2.75, 3.05) is 6.54 Å². The number of carboxylic acid groups (broad SMARTS) is 1. The number of hydrogen-bond donors (Lipinski definition) is 2. The van der Waals surface area contributed by atoms with Crippen molar-refractivity contribution in [1.29, 1.82) is 0 Å². The quantitative estimate of drug-likeness (QED) is 0.762. The standard InChI is InChI=1S/C10H13N3O3/c1-6(10(15)16)3-12-9(14)8-4-11-5-13-7(8)2/h4-6H,3H2,1-2H3,(H,12,14)(H,15,16). The van der Waals surface area contributed by atoms with Gasteiger partial charge in [0.05, 0.1) is 17.2 Å². The van der Waals surface area contributed by atoms with E-state index < -0.39 is 11.9 Å². The van der Waals surface area contributed by atoms with E-state index in [9.17, 15) is 9.59 Å². The van der Waals surface area contributed by atoms with E-state index in [1.807, 2.05) is 0 Å².